The van der Waals surface area contributed by atoms with Gasteiger partial charge in [0, 0.05) is 0 Å². The fraction of sp³-hybridized carbons (Fsp3) is 0.0833. The number of hydrogen-bond donors (Lipinski definition) is 0. The molecule has 0 saturated heterocycles. The van der Waals surface area contributed by atoms with Crippen LogP contribution in [-0.2, 0) is 0 Å². The Morgan fingerprint density at radius 2 is 1.80 bits per heavy atom. The summed E-state index contributed by atoms with van der Waals surface area (Å²) in [6.45, 7) is 0. The molecule has 0 spiro atoms. The van der Waals surface area contributed by atoms with Gasteiger partial charge in [0.05, 0.1) is 0 Å². The van der Waals surface area contributed by atoms with E-state index in [1.165, 1.54) is 7.22 Å². The summed E-state index contributed by atoms with van der Waals surface area (Å²) in [4.78, 5) is 4.20. The van der Waals surface area contributed by atoms with Crippen molar-refractivity contribution in [3.05, 3.63) is 48.7 Å². The Labute approximate surface area is 99.4 Å². The summed E-state index contributed by atoms with van der Waals surface area (Å²) in [5.74, 6) is 0.680. The molecular weight excluding hydrogens is 302 g/mol. The molecule has 0 aliphatic carbocycles. The minimum absolute atomic E-state index is 0.293. The number of hydrogen-bond acceptors (Lipinski definition) is 2. The summed E-state index contributed by atoms with van der Waals surface area (Å²) in [5.41, 5.74) is 0. The predicted molar refractivity (Wildman–Crippen MR) is 62.3 cm³/mol. The summed E-state index contributed by atoms with van der Waals surface area (Å²) >= 11 is -0.293. The van der Waals surface area contributed by atoms with Crippen molar-refractivity contribution in [2.24, 2.45) is 0 Å². The Hall–Kier alpha value is -1.04. The van der Waals surface area contributed by atoms with Gasteiger partial charge < -0.3 is 0 Å². The van der Waals surface area contributed by atoms with Crippen LogP contribution in [0.15, 0.2) is 48.7 Å². The van der Waals surface area contributed by atoms with Gasteiger partial charge >= 0.3 is 99.5 Å². The molecular formula is C12H11NOTe. The molecule has 0 aliphatic heterocycles. The molecule has 76 valence electrons. The first-order valence-electron chi connectivity index (χ1n) is 4.61. The predicted octanol–water partition coefficient (Wildman–Crippen LogP) is 0.745. The van der Waals surface area contributed by atoms with Gasteiger partial charge in [0.15, 0.2) is 0 Å². The second-order valence-electron chi connectivity index (χ2n) is 2.95. The van der Waals surface area contributed by atoms with Crippen LogP contribution in [0.3, 0.4) is 0 Å². The number of ether oxygens (including phenoxy) is 1. The van der Waals surface area contributed by atoms with E-state index in [0.29, 0.717) is 5.88 Å². The van der Waals surface area contributed by atoms with Crippen LogP contribution in [0, 0.1) is 0 Å². The molecule has 0 amide bonds. The van der Waals surface area contributed by atoms with Crippen molar-refractivity contribution in [2.45, 2.75) is 0 Å². The van der Waals surface area contributed by atoms with E-state index in [1.807, 2.05) is 18.3 Å². The van der Waals surface area contributed by atoms with Crippen molar-refractivity contribution >= 4 is 28.1 Å². The molecule has 1 aromatic heterocycles. The minimum atomic E-state index is -0.293. The monoisotopic (exact) mass is 315 g/mol. The second kappa shape index (κ2) is 5.16. The summed E-state index contributed by atoms with van der Waals surface area (Å²) in [6.07, 6.45) is 1.91. The van der Waals surface area contributed by atoms with Crippen LogP contribution in [0.2, 0.25) is 0 Å². The molecule has 2 aromatic rings. The van der Waals surface area contributed by atoms with Crippen molar-refractivity contribution < 1.29 is 4.74 Å². The van der Waals surface area contributed by atoms with E-state index in [4.69, 9.17) is 4.74 Å². The fourth-order valence-electron chi connectivity index (χ4n) is 1.17. The van der Waals surface area contributed by atoms with E-state index < -0.39 is 0 Å². The second-order valence-corrected chi connectivity index (χ2v) is 6.22. The number of rotatable bonds is 3. The molecule has 15 heavy (non-hydrogen) atoms. The maximum atomic E-state index is 5.02. The van der Waals surface area contributed by atoms with Crippen LogP contribution in [0.4, 0.5) is 0 Å². The first kappa shape index (κ1) is 10.5. The summed E-state index contributed by atoms with van der Waals surface area (Å²) in [7, 11) is 1.63. The molecule has 0 saturated carbocycles. The fourth-order valence-corrected chi connectivity index (χ4v) is 3.48. The van der Waals surface area contributed by atoms with Gasteiger partial charge in [-0.2, -0.15) is 0 Å². The Balaban J connectivity index is 2.11. The Bertz CT molecular complexity index is 413. The maximum absolute atomic E-state index is 5.02. The van der Waals surface area contributed by atoms with Gasteiger partial charge in [-0.05, 0) is 0 Å². The molecule has 0 N–H and O–H groups in total. The third-order valence-electron chi connectivity index (χ3n) is 1.90. The zero-order valence-corrected chi connectivity index (χ0v) is 10.7. The molecule has 0 unspecified atom stereocenters. The first-order valence-corrected chi connectivity index (χ1v) is 6.94. The topological polar surface area (TPSA) is 22.1 Å². The molecule has 1 aromatic carbocycles. The zero-order chi connectivity index (χ0) is 10.5. The van der Waals surface area contributed by atoms with E-state index in [-0.39, 0.29) is 20.9 Å². The molecule has 1 heterocycles. The van der Waals surface area contributed by atoms with E-state index in [2.05, 4.69) is 35.3 Å². The molecule has 0 radical (unpaired) electrons. The third kappa shape index (κ3) is 2.95. The molecule has 0 bridgehead atoms. The van der Waals surface area contributed by atoms with Crippen LogP contribution in [-0.4, -0.2) is 33.0 Å². The van der Waals surface area contributed by atoms with Crippen molar-refractivity contribution in [1.82, 2.24) is 4.98 Å². The number of aromatic nitrogens is 1. The summed E-state index contributed by atoms with van der Waals surface area (Å²) in [6, 6.07) is 14.6. The number of nitrogens with zero attached hydrogens (tertiary/aromatic N) is 1. The molecule has 2 nitrogen and oxygen atoms in total. The van der Waals surface area contributed by atoms with Crippen LogP contribution < -0.4 is 12.0 Å². The van der Waals surface area contributed by atoms with Gasteiger partial charge in [-0.25, -0.2) is 0 Å². The number of methoxy groups -OCH3 is 1. The van der Waals surface area contributed by atoms with Crippen LogP contribution >= 0.6 is 0 Å². The van der Waals surface area contributed by atoms with E-state index in [1.54, 1.807) is 7.11 Å². The van der Waals surface area contributed by atoms with Gasteiger partial charge in [0.2, 0.25) is 0 Å². The van der Waals surface area contributed by atoms with E-state index >= 15 is 0 Å². The molecule has 0 fully saturated rings. The average molecular weight is 313 g/mol. The summed E-state index contributed by atoms with van der Waals surface area (Å²) in [5, 5.41) is 0. The molecule has 2 rings (SSSR count). The van der Waals surface area contributed by atoms with Gasteiger partial charge in [-0.15, -0.1) is 0 Å². The molecule has 3 heteroatoms. The Morgan fingerprint density at radius 3 is 2.40 bits per heavy atom. The quantitative estimate of drug-likeness (QED) is 0.780. The van der Waals surface area contributed by atoms with Gasteiger partial charge in [-0.1, -0.05) is 0 Å². The number of benzene rings is 1. The van der Waals surface area contributed by atoms with Crippen molar-refractivity contribution in [1.29, 1.82) is 0 Å². The van der Waals surface area contributed by atoms with Gasteiger partial charge in [-0.3, -0.25) is 0 Å². The van der Waals surface area contributed by atoms with Crippen molar-refractivity contribution in [2.75, 3.05) is 7.11 Å². The zero-order valence-electron chi connectivity index (χ0n) is 8.38. The van der Waals surface area contributed by atoms with Crippen molar-refractivity contribution in [3.8, 4) is 5.88 Å². The molecule has 0 aliphatic rings. The van der Waals surface area contributed by atoms with E-state index in [0.717, 1.165) is 0 Å². The third-order valence-corrected chi connectivity index (χ3v) is 4.71. The van der Waals surface area contributed by atoms with Crippen molar-refractivity contribution in [3.63, 3.8) is 0 Å². The molecule has 0 atom stereocenters. The summed E-state index contributed by atoms with van der Waals surface area (Å²) < 4.78 is 7.77. The van der Waals surface area contributed by atoms with Crippen LogP contribution in [0.5, 0.6) is 5.88 Å². The number of pyridine rings is 1. The Kier molecular flexibility index (Phi) is 3.60. The van der Waals surface area contributed by atoms with Crippen LogP contribution in [0.1, 0.15) is 0 Å². The average Bonchev–Trinajstić information content (AvgIpc) is 2.31. The van der Waals surface area contributed by atoms with E-state index in [9.17, 15) is 0 Å². The normalized spacial score (nSPS) is 9.93. The Morgan fingerprint density at radius 1 is 1.00 bits per heavy atom. The van der Waals surface area contributed by atoms with Crippen LogP contribution in [0.25, 0.3) is 0 Å². The van der Waals surface area contributed by atoms with Gasteiger partial charge in [0.25, 0.3) is 0 Å². The standard InChI is InChI=1S/C12H11NOTe/c1-14-12-8-7-11(9-13-12)15-10-5-3-2-4-6-10/h2-9H,1H3. The van der Waals surface area contributed by atoms with Gasteiger partial charge in [0.1, 0.15) is 0 Å². The first-order chi connectivity index (χ1) is 7.38. The SMILES string of the molecule is COc1ccc([Te]c2ccccc2)cn1.